The Morgan fingerprint density at radius 2 is 2.07 bits per heavy atom. The van der Waals surface area contributed by atoms with Gasteiger partial charge in [0.1, 0.15) is 5.54 Å². The van der Waals surface area contributed by atoms with E-state index in [2.05, 4.69) is 5.32 Å². The number of hydrogen-bond donors (Lipinski definition) is 3. The zero-order chi connectivity index (χ0) is 10.6. The summed E-state index contributed by atoms with van der Waals surface area (Å²) in [7, 11) is 0. The second kappa shape index (κ2) is 4.21. The van der Waals surface area contributed by atoms with Crippen LogP contribution in [0.25, 0.3) is 0 Å². The molecule has 14 heavy (non-hydrogen) atoms. The molecule has 0 aliphatic carbocycles. The number of anilines is 1. The summed E-state index contributed by atoms with van der Waals surface area (Å²) in [6.07, 6.45) is 0. The molecule has 0 aliphatic heterocycles. The fourth-order valence-electron chi connectivity index (χ4n) is 0.867. The molecule has 4 heteroatoms. The van der Waals surface area contributed by atoms with Crippen LogP contribution in [0.15, 0.2) is 30.3 Å². The van der Waals surface area contributed by atoms with Gasteiger partial charge in [0, 0.05) is 5.69 Å². The second-order valence-electron chi connectivity index (χ2n) is 3.40. The first-order valence-electron chi connectivity index (χ1n) is 4.32. The minimum absolute atomic E-state index is 0.383. The Morgan fingerprint density at radius 3 is 2.57 bits per heavy atom. The van der Waals surface area contributed by atoms with Gasteiger partial charge in [0.15, 0.2) is 0 Å². The molecule has 4 nitrogen and oxygen atoms in total. The summed E-state index contributed by atoms with van der Waals surface area (Å²) in [6, 6.07) is 8.98. The maximum atomic E-state index is 11.5. The molecule has 0 radical (unpaired) electrons. The van der Waals surface area contributed by atoms with Gasteiger partial charge in [-0.1, -0.05) is 18.2 Å². The van der Waals surface area contributed by atoms with E-state index in [4.69, 9.17) is 10.8 Å². The second-order valence-corrected chi connectivity index (χ2v) is 3.40. The number of benzene rings is 1. The third kappa shape index (κ3) is 2.55. The lowest BCUT2D eigenvalue weighted by Gasteiger charge is -2.20. The smallest absolute Gasteiger partial charge is 0.246 e. The zero-order valence-corrected chi connectivity index (χ0v) is 8.03. The normalized spacial score (nSPS) is 14.5. The monoisotopic (exact) mass is 194 g/mol. The Hall–Kier alpha value is -1.39. The van der Waals surface area contributed by atoms with Gasteiger partial charge in [0.2, 0.25) is 5.91 Å². The number of nitrogens with two attached hydrogens (primary N) is 1. The molecule has 0 aromatic heterocycles. The van der Waals surface area contributed by atoms with Crippen LogP contribution in [-0.2, 0) is 4.79 Å². The Balaban J connectivity index is 2.67. The molecule has 0 aliphatic rings. The van der Waals surface area contributed by atoms with Gasteiger partial charge in [0.05, 0.1) is 6.61 Å². The Morgan fingerprint density at radius 1 is 1.50 bits per heavy atom. The minimum atomic E-state index is -1.24. The zero-order valence-electron chi connectivity index (χ0n) is 8.03. The number of carbonyl (C=O) groups excluding carboxylic acids is 1. The van der Waals surface area contributed by atoms with Crippen molar-refractivity contribution in [1.29, 1.82) is 0 Å². The highest BCUT2D eigenvalue weighted by atomic mass is 16.3. The van der Waals surface area contributed by atoms with E-state index in [-0.39, 0.29) is 6.61 Å². The largest absolute Gasteiger partial charge is 0.394 e. The fraction of sp³-hybridized carbons (Fsp3) is 0.300. The van der Waals surface area contributed by atoms with Crippen LogP contribution in [0.2, 0.25) is 0 Å². The van der Waals surface area contributed by atoms with Crippen LogP contribution in [0, 0.1) is 0 Å². The van der Waals surface area contributed by atoms with Crippen LogP contribution < -0.4 is 11.1 Å². The third-order valence-electron chi connectivity index (χ3n) is 1.88. The van der Waals surface area contributed by atoms with Crippen molar-refractivity contribution in [3.63, 3.8) is 0 Å². The standard InChI is InChI=1S/C10H14N2O2/c1-10(11,7-13)9(14)12-8-5-3-2-4-6-8/h2-6,13H,7,11H2,1H3,(H,12,14)/t10-/m0/s1. The van der Waals surface area contributed by atoms with E-state index in [1.807, 2.05) is 18.2 Å². The lowest BCUT2D eigenvalue weighted by molar-refractivity contribution is -0.121. The summed E-state index contributed by atoms with van der Waals surface area (Å²) in [5.41, 5.74) is 4.97. The van der Waals surface area contributed by atoms with Crippen molar-refractivity contribution in [3.8, 4) is 0 Å². The van der Waals surface area contributed by atoms with Gasteiger partial charge in [-0.2, -0.15) is 0 Å². The lowest BCUT2D eigenvalue weighted by Crippen LogP contribution is -2.51. The molecule has 1 amide bonds. The molecular weight excluding hydrogens is 180 g/mol. The minimum Gasteiger partial charge on any atom is -0.394 e. The molecule has 1 aromatic carbocycles. The van der Waals surface area contributed by atoms with Crippen molar-refractivity contribution in [2.45, 2.75) is 12.5 Å². The maximum absolute atomic E-state index is 11.5. The average Bonchev–Trinajstić information content (AvgIpc) is 2.19. The Kier molecular flexibility index (Phi) is 3.22. The topological polar surface area (TPSA) is 75.3 Å². The first-order chi connectivity index (χ1) is 6.56. The molecule has 0 fully saturated rings. The van der Waals surface area contributed by atoms with Crippen molar-refractivity contribution in [2.24, 2.45) is 5.73 Å². The van der Waals surface area contributed by atoms with Gasteiger partial charge in [-0.3, -0.25) is 4.79 Å². The summed E-state index contributed by atoms with van der Waals surface area (Å²) < 4.78 is 0. The van der Waals surface area contributed by atoms with Crippen LogP contribution in [0.3, 0.4) is 0 Å². The summed E-state index contributed by atoms with van der Waals surface area (Å²) in [6.45, 7) is 1.09. The third-order valence-corrected chi connectivity index (χ3v) is 1.88. The highest BCUT2D eigenvalue weighted by molar-refractivity contribution is 5.97. The van der Waals surface area contributed by atoms with Gasteiger partial charge in [-0.15, -0.1) is 0 Å². The molecular formula is C10H14N2O2. The number of para-hydroxylation sites is 1. The molecule has 76 valence electrons. The number of carbonyl (C=O) groups is 1. The molecule has 1 aromatic rings. The van der Waals surface area contributed by atoms with E-state index in [0.29, 0.717) is 5.69 Å². The van der Waals surface area contributed by atoms with E-state index < -0.39 is 11.4 Å². The van der Waals surface area contributed by atoms with E-state index in [9.17, 15) is 4.79 Å². The number of nitrogens with one attached hydrogen (secondary N) is 1. The number of hydrogen-bond acceptors (Lipinski definition) is 3. The van der Waals surface area contributed by atoms with Crippen molar-refractivity contribution >= 4 is 11.6 Å². The molecule has 0 saturated heterocycles. The van der Waals surface area contributed by atoms with Crippen LogP contribution in [-0.4, -0.2) is 23.2 Å². The molecule has 0 spiro atoms. The number of rotatable bonds is 3. The first-order valence-corrected chi connectivity index (χ1v) is 4.32. The number of amides is 1. The molecule has 0 unspecified atom stereocenters. The van der Waals surface area contributed by atoms with Gasteiger partial charge >= 0.3 is 0 Å². The summed E-state index contributed by atoms with van der Waals surface area (Å²) in [4.78, 5) is 11.5. The van der Waals surface area contributed by atoms with E-state index >= 15 is 0 Å². The van der Waals surface area contributed by atoms with E-state index in [1.54, 1.807) is 12.1 Å². The van der Waals surface area contributed by atoms with Crippen LogP contribution >= 0.6 is 0 Å². The average molecular weight is 194 g/mol. The Labute approximate surface area is 82.7 Å². The lowest BCUT2D eigenvalue weighted by atomic mass is 10.0. The van der Waals surface area contributed by atoms with Gasteiger partial charge in [-0.25, -0.2) is 0 Å². The number of aliphatic hydroxyl groups excluding tert-OH is 1. The van der Waals surface area contributed by atoms with Gasteiger partial charge < -0.3 is 16.2 Å². The van der Waals surface area contributed by atoms with Gasteiger partial charge in [0.25, 0.3) is 0 Å². The van der Waals surface area contributed by atoms with Crippen molar-refractivity contribution in [2.75, 3.05) is 11.9 Å². The van der Waals surface area contributed by atoms with Crippen LogP contribution in [0.5, 0.6) is 0 Å². The molecule has 1 atom stereocenters. The quantitative estimate of drug-likeness (QED) is 0.649. The van der Waals surface area contributed by atoms with E-state index in [0.717, 1.165) is 0 Å². The molecule has 0 saturated carbocycles. The summed E-state index contributed by atoms with van der Waals surface area (Å²) in [5.74, 6) is -0.397. The highest BCUT2D eigenvalue weighted by Gasteiger charge is 2.27. The molecule has 0 heterocycles. The van der Waals surface area contributed by atoms with Crippen LogP contribution in [0.4, 0.5) is 5.69 Å². The van der Waals surface area contributed by atoms with E-state index in [1.165, 1.54) is 6.92 Å². The van der Waals surface area contributed by atoms with Gasteiger partial charge in [-0.05, 0) is 19.1 Å². The van der Waals surface area contributed by atoms with Crippen molar-refractivity contribution in [3.05, 3.63) is 30.3 Å². The summed E-state index contributed by atoms with van der Waals surface area (Å²) in [5, 5.41) is 11.5. The number of aliphatic hydroxyl groups is 1. The van der Waals surface area contributed by atoms with Crippen molar-refractivity contribution in [1.82, 2.24) is 0 Å². The predicted octanol–water partition coefficient (Wildman–Crippen LogP) is 0.335. The SMILES string of the molecule is C[C@](N)(CO)C(=O)Nc1ccccc1. The summed E-state index contributed by atoms with van der Waals surface area (Å²) >= 11 is 0. The highest BCUT2D eigenvalue weighted by Crippen LogP contribution is 2.08. The molecule has 1 rings (SSSR count). The fourth-order valence-corrected chi connectivity index (χ4v) is 0.867. The Bertz CT molecular complexity index is 309. The molecule has 0 bridgehead atoms. The van der Waals surface area contributed by atoms with Crippen molar-refractivity contribution < 1.29 is 9.90 Å². The molecule has 4 N–H and O–H groups in total. The predicted molar refractivity (Wildman–Crippen MR) is 54.7 cm³/mol. The van der Waals surface area contributed by atoms with Crippen LogP contribution in [0.1, 0.15) is 6.92 Å². The first kappa shape index (κ1) is 10.7. The maximum Gasteiger partial charge on any atom is 0.246 e.